The Morgan fingerprint density at radius 1 is 1.17 bits per heavy atom. The average molecular weight is 504 g/mol. The number of anilines is 1. The van der Waals surface area contributed by atoms with Crippen molar-refractivity contribution < 1.29 is 27.9 Å². The molecule has 0 saturated carbocycles. The zero-order valence-electron chi connectivity index (χ0n) is 18.6. The summed E-state index contributed by atoms with van der Waals surface area (Å²) >= 11 is 0.996. The molecule has 2 amide bonds. The number of carbonyl (C=O) groups is 2. The molecule has 182 valence electrons. The van der Waals surface area contributed by atoms with Crippen LogP contribution < -0.4 is 10.6 Å². The summed E-state index contributed by atoms with van der Waals surface area (Å²) in [6.45, 7) is 2.92. The molecule has 0 bridgehead atoms. The number of amides is 2. The summed E-state index contributed by atoms with van der Waals surface area (Å²) in [5.74, 6) is 4.29. The minimum Gasteiger partial charge on any atom is -0.395 e. The van der Waals surface area contributed by atoms with Crippen molar-refractivity contribution in [2.75, 3.05) is 11.9 Å². The van der Waals surface area contributed by atoms with E-state index in [1.807, 2.05) is 0 Å². The highest BCUT2D eigenvalue weighted by Crippen LogP contribution is 2.33. The van der Waals surface area contributed by atoms with E-state index in [-0.39, 0.29) is 34.8 Å². The largest absolute Gasteiger partial charge is 0.416 e. The molecule has 1 aromatic carbocycles. The molecule has 0 saturated heterocycles. The monoisotopic (exact) mass is 503 g/mol. The van der Waals surface area contributed by atoms with Gasteiger partial charge in [0.2, 0.25) is 0 Å². The summed E-state index contributed by atoms with van der Waals surface area (Å²) in [6.07, 6.45) is -1.78. The third-order valence-electron chi connectivity index (χ3n) is 4.62. The van der Waals surface area contributed by atoms with E-state index in [0.29, 0.717) is 10.7 Å². The number of aryl methyl sites for hydroxylation is 1. The van der Waals surface area contributed by atoms with Gasteiger partial charge in [0, 0.05) is 18.2 Å². The van der Waals surface area contributed by atoms with Crippen molar-refractivity contribution in [2.45, 2.75) is 32.5 Å². The first kappa shape index (κ1) is 25.8. The number of aromatic nitrogens is 3. The molecule has 12 heteroatoms. The van der Waals surface area contributed by atoms with Gasteiger partial charge in [0.05, 0.1) is 24.4 Å². The Labute approximate surface area is 202 Å². The zero-order chi connectivity index (χ0) is 25.6. The fourth-order valence-corrected chi connectivity index (χ4v) is 3.70. The number of alkyl halides is 3. The fraction of sp³-hybridized carbons (Fsp3) is 0.261. The topological polar surface area (TPSA) is 117 Å². The number of carbonyl (C=O) groups excluding carboxylic acids is 2. The molecule has 0 radical (unpaired) electrons. The van der Waals surface area contributed by atoms with Crippen molar-refractivity contribution in [3.8, 4) is 11.8 Å². The smallest absolute Gasteiger partial charge is 0.395 e. The number of thiazole rings is 1. The minimum absolute atomic E-state index is 0.00544. The van der Waals surface area contributed by atoms with E-state index in [2.05, 4.69) is 37.4 Å². The lowest BCUT2D eigenvalue weighted by Gasteiger charge is -2.12. The van der Waals surface area contributed by atoms with Gasteiger partial charge in [0.25, 0.3) is 11.8 Å². The van der Waals surface area contributed by atoms with Crippen molar-refractivity contribution >= 4 is 28.8 Å². The minimum atomic E-state index is -4.54. The van der Waals surface area contributed by atoms with Crippen LogP contribution in [-0.2, 0) is 6.18 Å². The van der Waals surface area contributed by atoms with Crippen LogP contribution in [0, 0.1) is 18.8 Å². The van der Waals surface area contributed by atoms with Gasteiger partial charge < -0.3 is 15.7 Å². The average Bonchev–Trinajstić information content (AvgIpc) is 3.31. The second-order valence-electron chi connectivity index (χ2n) is 7.30. The summed E-state index contributed by atoms with van der Waals surface area (Å²) in [4.78, 5) is 37.3. The summed E-state index contributed by atoms with van der Waals surface area (Å²) in [7, 11) is 0. The van der Waals surface area contributed by atoms with Crippen molar-refractivity contribution in [1.29, 1.82) is 0 Å². The van der Waals surface area contributed by atoms with Crippen molar-refractivity contribution in [1.82, 2.24) is 20.3 Å². The van der Waals surface area contributed by atoms with Crippen LogP contribution >= 0.6 is 11.3 Å². The predicted octanol–water partition coefficient (Wildman–Crippen LogP) is 3.74. The lowest BCUT2D eigenvalue weighted by molar-refractivity contribution is -0.138. The van der Waals surface area contributed by atoms with Gasteiger partial charge in [-0.05, 0) is 37.5 Å². The number of aliphatic hydroxyl groups is 1. The Morgan fingerprint density at radius 3 is 2.66 bits per heavy atom. The van der Waals surface area contributed by atoms with Crippen LogP contribution in [0.15, 0.2) is 36.8 Å². The van der Waals surface area contributed by atoms with Gasteiger partial charge >= 0.3 is 6.18 Å². The number of halogens is 3. The highest BCUT2D eigenvalue weighted by Gasteiger charge is 2.32. The van der Waals surface area contributed by atoms with Crippen LogP contribution in [0.4, 0.5) is 18.9 Å². The zero-order valence-corrected chi connectivity index (χ0v) is 19.4. The SMILES string of the molecule is Cc1ccc(NC(=O)c2cnc(C(C)NC(=O)c3cc(C#CCCO)ncn3)s2)cc1C(F)(F)F. The highest BCUT2D eigenvalue weighted by molar-refractivity contribution is 7.13. The second kappa shape index (κ2) is 11.1. The Morgan fingerprint density at radius 2 is 1.94 bits per heavy atom. The molecule has 0 fully saturated rings. The van der Waals surface area contributed by atoms with Crippen LogP contribution in [0.25, 0.3) is 0 Å². The number of nitrogens with zero attached hydrogens (tertiary/aromatic N) is 3. The van der Waals surface area contributed by atoms with E-state index in [0.717, 1.165) is 17.4 Å². The standard InChI is InChI=1S/C23H20F3N5O3S/c1-13-6-7-16(9-17(13)23(24,25)26)31-21(34)19-11-27-22(35-19)14(2)30-20(33)18-10-15(28-12-29-18)5-3-4-8-32/h6-7,9-12,14,32H,4,8H2,1-2H3,(H,30,33)(H,31,34). The molecule has 1 atom stereocenters. The number of aliphatic hydroxyl groups excluding tert-OH is 1. The van der Waals surface area contributed by atoms with Crippen LogP contribution in [0.2, 0.25) is 0 Å². The number of rotatable bonds is 6. The molecule has 2 aromatic heterocycles. The van der Waals surface area contributed by atoms with Crippen molar-refractivity contribution in [3.63, 3.8) is 0 Å². The molecule has 3 rings (SSSR count). The molecule has 0 aliphatic heterocycles. The van der Waals surface area contributed by atoms with Crippen LogP contribution in [-0.4, -0.2) is 38.5 Å². The number of hydrogen-bond donors (Lipinski definition) is 3. The molecule has 3 aromatic rings. The Bertz CT molecular complexity index is 1300. The van der Waals surface area contributed by atoms with Gasteiger partial charge in [-0.1, -0.05) is 12.0 Å². The van der Waals surface area contributed by atoms with Gasteiger partial charge in [0.15, 0.2) is 0 Å². The molecule has 0 aliphatic rings. The van der Waals surface area contributed by atoms with Crippen molar-refractivity contribution in [2.24, 2.45) is 0 Å². The van der Waals surface area contributed by atoms with E-state index in [9.17, 15) is 22.8 Å². The van der Waals surface area contributed by atoms with E-state index in [1.54, 1.807) is 6.92 Å². The van der Waals surface area contributed by atoms with Gasteiger partial charge in [-0.3, -0.25) is 9.59 Å². The first-order chi connectivity index (χ1) is 16.6. The van der Waals surface area contributed by atoms with E-state index < -0.39 is 29.6 Å². The molecule has 35 heavy (non-hydrogen) atoms. The van der Waals surface area contributed by atoms with Gasteiger partial charge in [-0.15, -0.1) is 11.3 Å². The fourth-order valence-electron chi connectivity index (χ4n) is 2.88. The molecule has 8 nitrogen and oxygen atoms in total. The maximum Gasteiger partial charge on any atom is 0.416 e. The summed E-state index contributed by atoms with van der Waals surface area (Å²) in [6, 6.07) is 4.37. The lowest BCUT2D eigenvalue weighted by atomic mass is 10.1. The molecular weight excluding hydrogens is 483 g/mol. The van der Waals surface area contributed by atoms with Gasteiger partial charge in [-0.2, -0.15) is 13.2 Å². The number of hydrogen-bond acceptors (Lipinski definition) is 7. The quantitative estimate of drug-likeness (QED) is 0.442. The second-order valence-corrected chi connectivity index (χ2v) is 8.37. The van der Waals surface area contributed by atoms with E-state index >= 15 is 0 Å². The Kier molecular flexibility index (Phi) is 8.16. The van der Waals surface area contributed by atoms with Crippen LogP contribution in [0.5, 0.6) is 0 Å². The van der Waals surface area contributed by atoms with Gasteiger partial charge in [0.1, 0.15) is 27.6 Å². The number of nitrogens with one attached hydrogen (secondary N) is 2. The summed E-state index contributed by atoms with van der Waals surface area (Å²) in [5.41, 5.74) is -0.373. The molecule has 0 aliphatic carbocycles. The van der Waals surface area contributed by atoms with E-state index in [1.165, 1.54) is 37.6 Å². The molecule has 2 heterocycles. The third kappa shape index (κ3) is 6.84. The van der Waals surface area contributed by atoms with E-state index in [4.69, 9.17) is 5.11 Å². The highest BCUT2D eigenvalue weighted by atomic mass is 32.1. The summed E-state index contributed by atoms with van der Waals surface area (Å²) in [5, 5.41) is 14.4. The van der Waals surface area contributed by atoms with Crippen LogP contribution in [0.3, 0.4) is 0 Å². The predicted molar refractivity (Wildman–Crippen MR) is 123 cm³/mol. The maximum absolute atomic E-state index is 13.1. The third-order valence-corrected chi connectivity index (χ3v) is 5.80. The Hall–Kier alpha value is -3.82. The first-order valence-electron chi connectivity index (χ1n) is 10.3. The van der Waals surface area contributed by atoms with Crippen LogP contribution in [0.1, 0.15) is 61.4 Å². The maximum atomic E-state index is 13.1. The molecular formula is C23H20F3N5O3S. The molecule has 3 N–H and O–H groups in total. The Balaban J connectivity index is 1.66. The number of benzene rings is 1. The normalized spacial score (nSPS) is 11.8. The van der Waals surface area contributed by atoms with Gasteiger partial charge in [-0.25, -0.2) is 15.0 Å². The molecule has 1 unspecified atom stereocenters. The lowest BCUT2D eigenvalue weighted by Crippen LogP contribution is -2.27. The van der Waals surface area contributed by atoms with Crippen molar-refractivity contribution in [3.05, 3.63) is 69.2 Å². The summed E-state index contributed by atoms with van der Waals surface area (Å²) < 4.78 is 39.4. The first-order valence-corrected chi connectivity index (χ1v) is 11.1. The molecule has 0 spiro atoms.